The summed E-state index contributed by atoms with van der Waals surface area (Å²) in [4.78, 5) is 11.0. The topological polar surface area (TPSA) is 92.7 Å². The molecule has 0 spiro atoms. The Hall–Kier alpha value is -3.10. The van der Waals surface area contributed by atoms with E-state index in [4.69, 9.17) is 16.3 Å². The van der Waals surface area contributed by atoms with Crippen LogP contribution in [0.25, 0.3) is 0 Å². The summed E-state index contributed by atoms with van der Waals surface area (Å²) in [5.41, 5.74) is 1.11. The fourth-order valence-electron chi connectivity index (χ4n) is 2.81. The SMILES string of the molecule is CCC(=O)Nc1cc(C)c(Oc2ccc(O)c(S(=O)(=O)c3ccc(F)cc3)c2)c(Cl)c1. The van der Waals surface area contributed by atoms with E-state index < -0.39 is 26.3 Å². The molecule has 0 saturated carbocycles. The summed E-state index contributed by atoms with van der Waals surface area (Å²) in [6, 6.07) is 11.2. The van der Waals surface area contributed by atoms with Crippen LogP contribution in [0.3, 0.4) is 0 Å². The van der Waals surface area contributed by atoms with Crippen LogP contribution in [0, 0.1) is 12.7 Å². The van der Waals surface area contributed by atoms with Gasteiger partial charge in [-0.25, -0.2) is 12.8 Å². The molecule has 162 valence electrons. The Labute approximate surface area is 184 Å². The quantitative estimate of drug-likeness (QED) is 0.473. The van der Waals surface area contributed by atoms with Crippen LogP contribution < -0.4 is 10.1 Å². The monoisotopic (exact) mass is 463 g/mol. The van der Waals surface area contributed by atoms with Gasteiger partial charge in [-0.15, -0.1) is 0 Å². The molecule has 31 heavy (non-hydrogen) atoms. The zero-order valence-corrected chi connectivity index (χ0v) is 18.2. The van der Waals surface area contributed by atoms with Gasteiger partial charge in [-0.1, -0.05) is 18.5 Å². The number of hydrogen-bond acceptors (Lipinski definition) is 5. The second-order valence-corrected chi connectivity index (χ2v) is 9.02. The lowest BCUT2D eigenvalue weighted by Crippen LogP contribution is -2.09. The molecule has 0 aliphatic rings. The lowest BCUT2D eigenvalue weighted by Gasteiger charge is -2.14. The van der Waals surface area contributed by atoms with E-state index in [-0.39, 0.29) is 27.3 Å². The van der Waals surface area contributed by atoms with Gasteiger partial charge in [0.25, 0.3) is 0 Å². The average Bonchev–Trinajstić information content (AvgIpc) is 2.72. The molecule has 1 amide bonds. The Morgan fingerprint density at radius 1 is 1.13 bits per heavy atom. The van der Waals surface area contributed by atoms with Crippen LogP contribution in [-0.4, -0.2) is 19.4 Å². The van der Waals surface area contributed by atoms with Gasteiger partial charge in [0.1, 0.15) is 28.0 Å². The molecule has 0 aliphatic carbocycles. The second kappa shape index (κ2) is 8.95. The molecule has 3 aromatic rings. The fourth-order valence-corrected chi connectivity index (χ4v) is 4.48. The average molecular weight is 464 g/mol. The number of ether oxygens (including phenoxy) is 1. The number of halogens is 2. The third kappa shape index (κ3) is 4.98. The predicted octanol–water partition coefficient (Wildman–Crippen LogP) is 5.47. The molecule has 0 atom stereocenters. The van der Waals surface area contributed by atoms with E-state index in [0.717, 1.165) is 30.3 Å². The lowest BCUT2D eigenvalue weighted by atomic mass is 10.2. The summed E-state index contributed by atoms with van der Waals surface area (Å²) in [6.07, 6.45) is 0.313. The first-order valence-electron chi connectivity index (χ1n) is 9.23. The Bertz CT molecular complexity index is 1220. The van der Waals surface area contributed by atoms with Gasteiger partial charge in [0.2, 0.25) is 15.7 Å². The van der Waals surface area contributed by atoms with Crippen molar-refractivity contribution in [2.75, 3.05) is 5.32 Å². The zero-order chi connectivity index (χ0) is 22.8. The van der Waals surface area contributed by atoms with Crippen LogP contribution in [0.15, 0.2) is 64.4 Å². The number of phenols is 1. The summed E-state index contributed by atoms with van der Waals surface area (Å²) in [5, 5.41) is 13.0. The van der Waals surface area contributed by atoms with Crippen molar-refractivity contribution in [2.45, 2.75) is 30.1 Å². The van der Waals surface area contributed by atoms with Gasteiger partial charge in [0.15, 0.2) is 0 Å². The number of aryl methyl sites for hydroxylation is 1. The molecular weight excluding hydrogens is 445 g/mol. The number of hydrogen-bond donors (Lipinski definition) is 2. The van der Waals surface area contributed by atoms with E-state index in [2.05, 4.69) is 5.32 Å². The van der Waals surface area contributed by atoms with Gasteiger partial charge < -0.3 is 15.2 Å². The summed E-state index contributed by atoms with van der Waals surface area (Å²) < 4.78 is 44.7. The third-order valence-electron chi connectivity index (χ3n) is 4.40. The smallest absolute Gasteiger partial charge is 0.224 e. The molecule has 9 heteroatoms. The number of carbonyl (C=O) groups excluding carboxylic acids is 1. The molecule has 0 aliphatic heterocycles. The highest BCUT2D eigenvalue weighted by Crippen LogP contribution is 2.38. The van der Waals surface area contributed by atoms with Gasteiger partial charge >= 0.3 is 0 Å². The molecule has 0 saturated heterocycles. The highest BCUT2D eigenvalue weighted by Gasteiger charge is 2.23. The number of amides is 1. The van der Waals surface area contributed by atoms with Crippen molar-refractivity contribution in [3.05, 3.63) is 71.0 Å². The van der Waals surface area contributed by atoms with E-state index >= 15 is 0 Å². The number of sulfone groups is 1. The van der Waals surface area contributed by atoms with E-state index in [1.807, 2.05) is 0 Å². The molecule has 0 bridgehead atoms. The number of phenolic OH excluding ortho intramolecular Hbond substituents is 1. The first-order valence-corrected chi connectivity index (χ1v) is 11.1. The van der Waals surface area contributed by atoms with Crippen LogP contribution in [0.5, 0.6) is 17.2 Å². The second-order valence-electron chi connectivity index (χ2n) is 6.69. The Morgan fingerprint density at radius 3 is 2.42 bits per heavy atom. The number of rotatable bonds is 6. The van der Waals surface area contributed by atoms with E-state index in [9.17, 15) is 22.7 Å². The first-order chi connectivity index (χ1) is 14.6. The minimum absolute atomic E-state index is 0.119. The van der Waals surface area contributed by atoms with Gasteiger partial charge in [-0.05, 0) is 61.0 Å². The maximum absolute atomic E-state index is 13.2. The van der Waals surface area contributed by atoms with Crippen LogP contribution in [0.2, 0.25) is 5.02 Å². The minimum atomic E-state index is -4.12. The van der Waals surface area contributed by atoms with Gasteiger partial charge in [-0.2, -0.15) is 0 Å². The standard InChI is InChI=1S/C22H19ClFNO5S/c1-3-21(27)25-15-10-13(2)22(18(23)11-15)30-16-6-9-19(26)20(12-16)31(28,29)17-7-4-14(24)5-8-17/h4-12,26H,3H2,1-2H3,(H,25,27). The lowest BCUT2D eigenvalue weighted by molar-refractivity contribution is -0.115. The normalized spacial score (nSPS) is 11.2. The van der Waals surface area contributed by atoms with Crippen molar-refractivity contribution in [2.24, 2.45) is 0 Å². The first kappa shape index (κ1) is 22.6. The van der Waals surface area contributed by atoms with Crippen LogP contribution >= 0.6 is 11.6 Å². The highest BCUT2D eigenvalue weighted by molar-refractivity contribution is 7.91. The highest BCUT2D eigenvalue weighted by atomic mass is 35.5. The van der Waals surface area contributed by atoms with E-state index in [1.165, 1.54) is 18.2 Å². The van der Waals surface area contributed by atoms with Crippen LogP contribution in [0.1, 0.15) is 18.9 Å². The summed E-state index contributed by atoms with van der Waals surface area (Å²) in [7, 11) is -4.12. The van der Waals surface area contributed by atoms with E-state index in [0.29, 0.717) is 17.7 Å². The van der Waals surface area contributed by atoms with Crippen molar-refractivity contribution in [1.29, 1.82) is 0 Å². The Kier molecular flexibility index (Phi) is 6.52. The summed E-state index contributed by atoms with van der Waals surface area (Å²) in [6.45, 7) is 3.45. The number of benzene rings is 3. The molecule has 0 heterocycles. The molecule has 0 unspecified atom stereocenters. The number of aromatic hydroxyl groups is 1. The summed E-state index contributed by atoms with van der Waals surface area (Å²) >= 11 is 6.30. The fraction of sp³-hybridized carbons (Fsp3) is 0.136. The van der Waals surface area contributed by atoms with Gasteiger partial charge in [-0.3, -0.25) is 4.79 Å². The predicted molar refractivity (Wildman–Crippen MR) is 115 cm³/mol. The maximum Gasteiger partial charge on any atom is 0.224 e. The molecule has 3 rings (SSSR count). The molecule has 0 aromatic heterocycles. The molecule has 2 N–H and O–H groups in total. The number of nitrogens with one attached hydrogen (secondary N) is 1. The number of anilines is 1. The van der Waals surface area contributed by atoms with Crippen molar-refractivity contribution >= 4 is 33.0 Å². The minimum Gasteiger partial charge on any atom is -0.507 e. The zero-order valence-electron chi connectivity index (χ0n) is 16.6. The molecule has 3 aromatic carbocycles. The van der Waals surface area contributed by atoms with Crippen molar-refractivity contribution in [3.63, 3.8) is 0 Å². The van der Waals surface area contributed by atoms with Crippen molar-refractivity contribution in [3.8, 4) is 17.2 Å². The van der Waals surface area contributed by atoms with Crippen molar-refractivity contribution in [1.82, 2.24) is 0 Å². The van der Waals surface area contributed by atoms with Gasteiger partial charge in [0, 0.05) is 18.2 Å². The van der Waals surface area contributed by atoms with Crippen LogP contribution in [0.4, 0.5) is 10.1 Å². The van der Waals surface area contributed by atoms with Crippen molar-refractivity contribution < 1.29 is 27.4 Å². The number of carbonyl (C=O) groups is 1. The Morgan fingerprint density at radius 2 is 1.81 bits per heavy atom. The molecule has 0 radical (unpaired) electrons. The molecule has 6 nitrogen and oxygen atoms in total. The molecule has 0 fully saturated rings. The van der Waals surface area contributed by atoms with Gasteiger partial charge in [0.05, 0.1) is 9.92 Å². The third-order valence-corrected chi connectivity index (χ3v) is 6.48. The largest absolute Gasteiger partial charge is 0.507 e. The summed E-state index contributed by atoms with van der Waals surface area (Å²) in [5.74, 6) is -0.833. The van der Waals surface area contributed by atoms with Crippen LogP contribution in [-0.2, 0) is 14.6 Å². The molecular formula is C22H19ClFNO5S. The van der Waals surface area contributed by atoms with E-state index in [1.54, 1.807) is 19.9 Å². The Balaban J connectivity index is 1.96. The maximum atomic E-state index is 13.2.